The Balaban J connectivity index is 1.35. The second-order valence-electron chi connectivity index (χ2n) is 9.38. The number of urea groups is 1. The van der Waals surface area contributed by atoms with Crippen LogP contribution in [-0.2, 0) is 39.4 Å². The Morgan fingerprint density at radius 3 is 2.18 bits per heavy atom. The van der Waals surface area contributed by atoms with E-state index in [2.05, 4.69) is 10.6 Å². The molecule has 2 aliphatic rings. The van der Waals surface area contributed by atoms with Gasteiger partial charge in [0.15, 0.2) is 0 Å². The molecule has 1 atom stereocenters. The molecule has 0 radical (unpaired) electrons. The second kappa shape index (κ2) is 10.4. The van der Waals surface area contributed by atoms with E-state index >= 15 is 0 Å². The molecule has 194 valence electrons. The van der Waals surface area contributed by atoms with Gasteiger partial charge in [0.1, 0.15) is 6.54 Å². The van der Waals surface area contributed by atoms with Crippen LogP contribution in [0.2, 0.25) is 0 Å². The van der Waals surface area contributed by atoms with Crippen molar-refractivity contribution in [2.45, 2.75) is 31.5 Å². The van der Waals surface area contributed by atoms with Crippen molar-refractivity contribution in [3.63, 3.8) is 0 Å². The topological polar surface area (TPSA) is 108 Å². The summed E-state index contributed by atoms with van der Waals surface area (Å²) in [6.45, 7) is 0.256. The first-order valence-corrected chi connectivity index (χ1v) is 12.4. The van der Waals surface area contributed by atoms with Crippen LogP contribution >= 0.6 is 0 Å². The van der Waals surface area contributed by atoms with Gasteiger partial charge in [0.25, 0.3) is 5.91 Å². The Kier molecular flexibility index (Phi) is 6.83. The molecule has 1 spiro atoms. The van der Waals surface area contributed by atoms with Crippen molar-refractivity contribution >= 4 is 29.6 Å². The summed E-state index contributed by atoms with van der Waals surface area (Å²) >= 11 is 0. The number of fused-ring (bicyclic) bond motifs is 2. The molecule has 9 nitrogen and oxygen atoms in total. The molecule has 1 heterocycles. The number of ether oxygens (including phenoxy) is 1. The lowest BCUT2D eigenvalue weighted by Crippen LogP contribution is -2.44. The molecule has 38 heavy (non-hydrogen) atoms. The van der Waals surface area contributed by atoms with Gasteiger partial charge in [-0.2, -0.15) is 0 Å². The molecule has 9 heteroatoms. The molecular formula is C29H28N4O5. The number of rotatable bonds is 7. The molecular weight excluding hydrogens is 484 g/mol. The van der Waals surface area contributed by atoms with E-state index in [1.54, 1.807) is 23.1 Å². The van der Waals surface area contributed by atoms with Crippen LogP contribution in [0, 0.1) is 0 Å². The first-order valence-electron chi connectivity index (χ1n) is 12.4. The maximum atomic E-state index is 13.6. The zero-order chi connectivity index (χ0) is 26.7. The molecule has 0 unspecified atom stereocenters. The summed E-state index contributed by atoms with van der Waals surface area (Å²) in [5.41, 5.74) is 2.38. The molecule has 0 saturated carbocycles. The minimum absolute atomic E-state index is 0.277. The summed E-state index contributed by atoms with van der Waals surface area (Å²) in [6, 6.07) is 23.9. The third kappa shape index (κ3) is 4.82. The van der Waals surface area contributed by atoms with Crippen molar-refractivity contribution in [2.24, 2.45) is 0 Å². The van der Waals surface area contributed by atoms with Crippen molar-refractivity contribution in [3.05, 3.63) is 101 Å². The van der Waals surface area contributed by atoms with E-state index in [4.69, 9.17) is 4.74 Å². The Labute approximate surface area is 220 Å². The van der Waals surface area contributed by atoms with Crippen molar-refractivity contribution in [1.29, 1.82) is 0 Å². The molecule has 0 bridgehead atoms. The van der Waals surface area contributed by atoms with Gasteiger partial charge in [-0.1, -0.05) is 66.7 Å². The number of amides is 5. The van der Waals surface area contributed by atoms with Gasteiger partial charge in [0.05, 0.1) is 0 Å². The lowest BCUT2D eigenvalue weighted by Gasteiger charge is -2.25. The van der Waals surface area contributed by atoms with Gasteiger partial charge < -0.3 is 20.3 Å². The number of imide groups is 1. The van der Waals surface area contributed by atoms with Crippen molar-refractivity contribution in [3.8, 4) is 0 Å². The number of nitrogens with one attached hydrogen (secondary N) is 2. The van der Waals surface area contributed by atoms with Crippen LogP contribution in [0.5, 0.6) is 0 Å². The first-order chi connectivity index (χ1) is 18.4. The summed E-state index contributed by atoms with van der Waals surface area (Å²) in [4.78, 5) is 54.3. The van der Waals surface area contributed by atoms with Crippen LogP contribution in [-0.4, -0.2) is 47.3 Å². The fourth-order valence-electron chi connectivity index (χ4n) is 5.00. The number of carbonyl (C=O) groups excluding carboxylic acids is 4. The highest BCUT2D eigenvalue weighted by Gasteiger charge is 2.58. The van der Waals surface area contributed by atoms with Crippen LogP contribution < -0.4 is 10.6 Å². The molecule has 0 aromatic heterocycles. The van der Waals surface area contributed by atoms with Crippen LogP contribution in [0.4, 0.5) is 15.3 Å². The average molecular weight is 513 g/mol. The number of hydrogen-bond donors (Lipinski definition) is 2. The van der Waals surface area contributed by atoms with Gasteiger partial charge in [-0.3, -0.25) is 9.59 Å². The van der Waals surface area contributed by atoms with Gasteiger partial charge in [-0.05, 0) is 35.2 Å². The summed E-state index contributed by atoms with van der Waals surface area (Å²) < 4.78 is 5.69. The Hall–Kier alpha value is -4.66. The largest absolute Gasteiger partial charge is 0.427 e. The lowest BCUT2D eigenvalue weighted by molar-refractivity contribution is -0.142. The average Bonchev–Trinajstić information content (AvgIpc) is 3.41. The fourth-order valence-corrected chi connectivity index (χ4v) is 5.00. The van der Waals surface area contributed by atoms with Gasteiger partial charge in [-0.25, -0.2) is 14.5 Å². The third-order valence-electron chi connectivity index (χ3n) is 6.92. The van der Waals surface area contributed by atoms with Gasteiger partial charge in [0, 0.05) is 37.8 Å². The molecule has 1 aliphatic carbocycles. The maximum Gasteiger partial charge on any atom is 0.418 e. The van der Waals surface area contributed by atoms with Crippen LogP contribution in [0.1, 0.15) is 28.7 Å². The van der Waals surface area contributed by atoms with E-state index < -0.39 is 24.1 Å². The zero-order valence-electron chi connectivity index (χ0n) is 21.0. The van der Waals surface area contributed by atoms with E-state index in [9.17, 15) is 19.2 Å². The highest BCUT2D eigenvalue weighted by Crippen LogP contribution is 2.46. The quantitative estimate of drug-likeness (QED) is 0.501. The third-order valence-corrected chi connectivity index (χ3v) is 6.92. The normalized spacial score (nSPS) is 17.8. The van der Waals surface area contributed by atoms with E-state index in [1.165, 1.54) is 7.05 Å². The summed E-state index contributed by atoms with van der Waals surface area (Å²) in [5.74, 6) is -0.899. The number of hydrogen-bond acceptors (Lipinski definition) is 5. The predicted molar refractivity (Wildman–Crippen MR) is 140 cm³/mol. The smallest absolute Gasteiger partial charge is 0.418 e. The highest BCUT2D eigenvalue weighted by molar-refractivity contribution is 6.06. The van der Waals surface area contributed by atoms with E-state index in [0.29, 0.717) is 30.8 Å². The minimum atomic E-state index is -1.46. The molecule has 5 amide bonds. The molecule has 1 fully saturated rings. The number of anilines is 1. The van der Waals surface area contributed by atoms with Crippen molar-refractivity contribution < 1.29 is 23.9 Å². The van der Waals surface area contributed by atoms with Gasteiger partial charge in [-0.15, -0.1) is 0 Å². The van der Waals surface area contributed by atoms with Crippen LogP contribution in [0.3, 0.4) is 0 Å². The summed E-state index contributed by atoms with van der Waals surface area (Å²) in [7, 11) is 1.52. The summed E-state index contributed by atoms with van der Waals surface area (Å²) in [6.07, 6.45) is -0.0603. The number of carbonyl (C=O) groups is 4. The fraction of sp³-hybridized carbons (Fsp3) is 0.241. The molecule has 1 aliphatic heterocycles. The minimum Gasteiger partial charge on any atom is -0.427 e. The zero-order valence-corrected chi connectivity index (χ0v) is 21.0. The Bertz CT molecular complexity index is 1340. The van der Waals surface area contributed by atoms with Crippen LogP contribution in [0.15, 0.2) is 78.9 Å². The van der Waals surface area contributed by atoms with E-state index in [-0.39, 0.29) is 18.4 Å². The van der Waals surface area contributed by atoms with E-state index in [1.807, 2.05) is 60.7 Å². The highest BCUT2D eigenvalue weighted by atomic mass is 16.6. The van der Waals surface area contributed by atoms with Crippen molar-refractivity contribution in [2.75, 3.05) is 18.9 Å². The predicted octanol–water partition coefficient (Wildman–Crippen LogP) is 3.79. The van der Waals surface area contributed by atoms with E-state index in [0.717, 1.165) is 21.6 Å². The molecule has 5 rings (SSSR count). The first kappa shape index (κ1) is 25.0. The molecule has 2 N–H and O–H groups in total. The molecule has 1 saturated heterocycles. The maximum absolute atomic E-state index is 13.6. The lowest BCUT2D eigenvalue weighted by atomic mass is 9.94. The van der Waals surface area contributed by atoms with Gasteiger partial charge in [0.2, 0.25) is 11.5 Å². The van der Waals surface area contributed by atoms with Crippen molar-refractivity contribution in [1.82, 2.24) is 15.1 Å². The monoisotopic (exact) mass is 512 g/mol. The second-order valence-corrected chi connectivity index (χ2v) is 9.38. The molecule has 3 aromatic carbocycles. The Morgan fingerprint density at radius 2 is 1.58 bits per heavy atom. The number of nitrogens with zero attached hydrogens (tertiary/aromatic N) is 2. The Morgan fingerprint density at radius 1 is 0.947 bits per heavy atom. The van der Waals surface area contributed by atoms with Gasteiger partial charge >= 0.3 is 12.1 Å². The number of aryl methyl sites for hydroxylation is 1. The standard InChI is InChI=1S/C29H28N4O5/c1-30-27(36)31-23-12-13-24-22(16-23)14-15-29(24)26(35)33(28(37)38-29)19-25(34)32(17-20-8-4-2-5-9-20)18-21-10-6-3-7-11-21/h2-13,16H,14-15,17-19H2,1H3,(H2,30,31,36)/t29-/m1/s1. The van der Waals surface area contributed by atoms with Crippen LogP contribution in [0.25, 0.3) is 0 Å². The number of benzene rings is 3. The molecule has 3 aromatic rings. The SMILES string of the molecule is CNC(=O)Nc1ccc2c(c1)CC[C@@]21OC(=O)N(CC(=O)N(Cc2ccccc2)Cc2ccccc2)C1=O. The summed E-state index contributed by atoms with van der Waals surface area (Å²) in [5, 5.41) is 5.19.